The lowest BCUT2D eigenvalue weighted by Gasteiger charge is -2.09. The Balaban J connectivity index is 2.31. The third-order valence-electron chi connectivity index (χ3n) is 2.49. The summed E-state index contributed by atoms with van der Waals surface area (Å²) in [7, 11) is -4.12. The molecule has 0 radical (unpaired) electrons. The van der Waals surface area contributed by atoms with E-state index >= 15 is 0 Å². The predicted octanol–water partition coefficient (Wildman–Crippen LogP) is 2.10. The highest BCUT2D eigenvalue weighted by atomic mass is 32.2. The molecule has 0 fully saturated rings. The van der Waals surface area contributed by atoms with Crippen molar-refractivity contribution in [1.82, 2.24) is 10.2 Å². The lowest BCUT2D eigenvalue weighted by molar-refractivity contribution is -0.137. The van der Waals surface area contributed by atoms with Crippen LogP contribution in [0.25, 0.3) is 0 Å². The second kappa shape index (κ2) is 5.10. The Morgan fingerprint density at radius 1 is 1.24 bits per heavy atom. The monoisotopic (exact) mass is 316 g/mol. The molecule has 0 atom stereocenters. The van der Waals surface area contributed by atoms with Gasteiger partial charge in [-0.1, -0.05) is 0 Å². The van der Waals surface area contributed by atoms with Crippen molar-refractivity contribution < 1.29 is 21.6 Å². The van der Waals surface area contributed by atoms with Gasteiger partial charge in [0.2, 0.25) is 0 Å². The molecule has 1 aromatic heterocycles. The number of anilines is 1. The molecular formula is C11H7F3N4O2S. The average molecular weight is 316 g/mol. The van der Waals surface area contributed by atoms with Crippen LogP contribution in [0.2, 0.25) is 0 Å². The maximum Gasteiger partial charge on any atom is 0.416 e. The van der Waals surface area contributed by atoms with Crippen molar-refractivity contribution in [3.05, 3.63) is 41.6 Å². The molecular weight excluding hydrogens is 309 g/mol. The topological polar surface area (TPSA) is 98.6 Å². The highest BCUT2D eigenvalue weighted by Gasteiger charge is 2.30. The zero-order valence-electron chi connectivity index (χ0n) is 10.1. The van der Waals surface area contributed by atoms with Gasteiger partial charge in [0.25, 0.3) is 10.0 Å². The van der Waals surface area contributed by atoms with Gasteiger partial charge in [0.1, 0.15) is 11.6 Å². The lowest BCUT2D eigenvalue weighted by atomic mass is 10.2. The van der Waals surface area contributed by atoms with Gasteiger partial charge in [-0.3, -0.25) is 9.82 Å². The summed E-state index contributed by atoms with van der Waals surface area (Å²) in [6.07, 6.45) is -3.43. The van der Waals surface area contributed by atoms with Crippen LogP contribution in [0, 0.1) is 11.3 Å². The number of aromatic amines is 1. The summed E-state index contributed by atoms with van der Waals surface area (Å²) in [4.78, 5) is -0.367. The highest BCUT2D eigenvalue weighted by Crippen LogP contribution is 2.30. The van der Waals surface area contributed by atoms with Crippen molar-refractivity contribution in [2.75, 3.05) is 4.72 Å². The molecule has 21 heavy (non-hydrogen) atoms. The van der Waals surface area contributed by atoms with Crippen LogP contribution in [0.5, 0.6) is 0 Å². The fourth-order valence-corrected chi connectivity index (χ4v) is 2.50. The van der Waals surface area contributed by atoms with Gasteiger partial charge in [0.15, 0.2) is 5.82 Å². The Morgan fingerprint density at radius 3 is 2.38 bits per heavy atom. The van der Waals surface area contributed by atoms with Crippen molar-refractivity contribution in [2.24, 2.45) is 0 Å². The normalized spacial score (nSPS) is 11.9. The molecule has 0 saturated carbocycles. The maximum absolute atomic E-state index is 12.4. The van der Waals surface area contributed by atoms with Gasteiger partial charge in [0, 0.05) is 0 Å². The van der Waals surface area contributed by atoms with E-state index in [1.165, 1.54) is 0 Å². The number of hydrogen-bond donors (Lipinski definition) is 2. The minimum absolute atomic E-state index is 0.0366. The summed E-state index contributed by atoms with van der Waals surface area (Å²) in [6.45, 7) is 0. The molecule has 0 aliphatic carbocycles. The van der Waals surface area contributed by atoms with Gasteiger partial charge < -0.3 is 0 Å². The number of alkyl halides is 3. The van der Waals surface area contributed by atoms with E-state index in [2.05, 4.69) is 10.2 Å². The fraction of sp³-hybridized carbons (Fsp3) is 0.0909. The molecule has 1 aromatic carbocycles. The smallest absolute Gasteiger partial charge is 0.263 e. The van der Waals surface area contributed by atoms with E-state index < -0.39 is 21.8 Å². The van der Waals surface area contributed by atoms with Crippen molar-refractivity contribution in [3.63, 3.8) is 0 Å². The van der Waals surface area contributed by atoms with Crippen molar-refractivity contribution in [2.45, 2.75) is 11.1 Å². The largest absolute Gasteiger partial charge is 0.416 e. The Hall–Kier alpha value is -2.54. The average Bonchev–Trinajstić information content (AvgIpc) is 2.84. The third-order valence-corrected chi connectivity index (χ3v) is 3.85. The number of nitriles is 1. The van der Waals surface area contributed by atoms with Gasteiger partial charge >= 0.3 is 6.18 Å². The zero-order chi connectivity index (χ0) is 15.7. The molecule has 0 unspecified atom stereocenters. The van der Waals surface area contributed by atoms with Crippen LogP contribution in [-0.2, 0) is 16.2 Å². The molecule has 0 aliphatic rings. The van der Waals surface area contributed by atoms with Gasteiger partial charge in [0.05, 0.1) is 16.7 Å². The Morgan fingerprint density at radius 2 is 1.86 bits per heavy atom. The number of nitrogens with one attached hydrogen (secondary N) is 2. The number of H-pyrrole nitrogens is 1. The Labute approximate surface area is 117 Å². The van der Waals surface area contributed by atoms with E-state index in [0.717, 1.165) is 18.3 Å². The van der Waals surface area contributed by atoms with Gasteiger partial charge in [-0.2, -0.15) is 23.5 Å². The van der Waals surface area contributed by atoms with Gasteiger partial charge in [-0.05, 0) is 24.3 Å². The molecule has 1 heterocycles. The first-order valence-corrected chi connectivity index (χ1v) is 6.86. The van der Waals surface area contributed by atoms with E-state index in [0.29, 0.717) is 12.1 Å². The molecule has 0 saturated heterocycles. The summed E-state index contributed by atoms with van der Waals surface area (Å²) in [5, 5.41) is 14.5. The van der Waals surface area contributed by atoms with Crippen LogP contribution in [-0.4, -0.2) is 18.6 Å². The van der Waals surface area contributed by atoms with Gasteiger partial charge in [-0.15, -0.1) is 0 Å². The zero-order valence-corrected chi connectivity index (χ0v) is 11.0. The van der Waals surface area contributed by atoms with Gasteiger partial charge in [-0.25, -0.2) is 8.42 Å². The van der Waals surface area contributed by atoms with E-state index in [1.54, 1.807) is 6.07 Å². The van der Waals surface area contributed by atoms with Crippen molar-refractivity contribution >= 4 is 15.8 Å². The van der Waals surface area contributed by atoms with E-state index in [1.807, 2.05) is 4.72 Å². The second-order valence-electron chi connectivity index (χ2n) is 3.90. The molecule has 0 spiro atoms. The van der Waals surface area contributed by atoms with Crippen LogP contribution in [0.4, 0.5) is 19.0 Å². The van der Waals surface area contributed by atoms with Crippen molar-refractivity contribution in [1.29, 1.82) is 5.26 Å². The molecule has 2 aromatic rings. The number of sulfonamides is 1. The van der Waals surface area contributed by atoms with Crippen LogP contribution in [0.15, 0.2) is 35.4 Å². The molecule has 2 N–H and O–H groups in total. The standard InChI is InChI=1S/C11H7F3N4O2S/c12-11(13,14)8-1-3-9(4-2-8)21(19,20)18-10-7(5-15)6-16-17-10/h1-4,6H,(H2,16,17,18). The molecule has 110 valence electrons. The van der Waals surface area contributed by atoms with E-state index in [4.69, 9.17) is 5.26 Å². The van der Waals surface area contributed by atoms with Crippen molar-refractivity contribution in [3.8, 4) is 6.07 Å². The summed E-state index contributed by atoms with van der Waals surface area (Å²) < 4.78 is 63.2. The fourth-order valence-electron chi connectivity index (χ4n) is 1.47. The number of rotatable bonds is 3. The van der Waals surface area contributed by atoms with Crippen LogP contribution < -0.4 is 4.72 Å². The summed E-state index contributed by atoms with van der Waals surface area (Å²) in [6, 6.07) is 4.68. The maximum atomic E-state index is 12.4. The lowest BCUT2D eigenvalue weighted by Crippen LogP contribution is -2.14. The molecule has 0 aliphatic heterocycles. The molecule has 6 nitrogen and oxygen atoms in total. The first-order valence-electron chi connectivity index (χ1n) is 5.37. The summed E-state index contributed by atoms with van der Waals surface area (Å²) >= 11 is 0. The van der Waals surface area contributed by atoms with Crippen LogP contribution in [0.3, 0.4) is 0 Å². The Kier molecular flexibility index (Phi) is 3.61. The number of halogens is 3. The van der Waals surface area contributed by atoms with Crippen LogP contribution in [0.1, 0.15) is 11.1 Å². The number of aromatic nitrogens is 2. The summed E-state index contributed by atoms with van der Waals surface area (Å²) in [5.74, 6) is -0.155. The first-order chi connectivity index (χ1) is 9.74. The third kappa shape index (κ3) is 3.14. The Bertz CT molecular complexity index is 788. The number of nitrogens with zero attached hydrogens (tertiary/aromatic N) is 2. The SMILES string of the molecule is N#Cc1cn[nH]c1NS(=O)(=O)c1ccc(C(F)(F)F)cc1. The minimum atomic E-state index is -4.55. The highest BCUT2D eigenvalue weighted by molar-refractivity contribution is 7.92. The van der Waals surface area contributed by atoms with E-state index in [-0.39, 0.29) is 16.3 Å². The first kappa shape index (κ1) is 14.9. The summed E-state index contributed by atoms with van der Waals surface area (Å²) in [5.41, 5.74) is -0.994. The predicted molar refractivity (Wildman–Crippen MR) is 65.6 cm³/mol. The number of hydrogen-bond acceptors (Lipinski definition) is 4. The molecule has 10 heteroatoms. The molecule has 2 rings (SSSR count). The van der Waals surface area contributed by atoms with E-state index in [9.17, 15) is 21.6 Å². The second-order valence-corrected chi connectivity index (χ2v) is 5.58. The van der Waals surface area contributed by atoms with Crippen LogP contribution >= 0.6 is 0 Å². The minimum Gasteiger partial charge on any atom is -0.263 e. The number of benzene rings is 1. The molecule has 0 amide bonds. The quantitative estimate of drug-likeness (QED) is 0.906. The molecule has 0 bridgehead atoms.